The summed E-state index contributed by atoms with van der Waals surface area (Å²) < 4.78 is 0. The molecule has 0 spiro atoms. The van der Waals surface area contributed by atoms with E-state index in [0.29, 0.717) is 12.1 Å². The molecule has 1 fully saturated rings. The Morgan fingerprint density at radius 2 is 1.54 bits per heavy atom. The average Bonchev–Trinajstić information content (AvgIpc) is 2.61. The number of piperidine rings is 1. The smallest absolute Gasteiger partial charge is 0.0693 e. The SMILES string of the molecule is C[C@@H]1[C@@H](O)CC[C@H](CCCCCCCCCc2ccccc2)N1C. The number of benzene rings is 1. The maximum atomic E-state index is 9.91. The highest BCUT2D eigenvalue weighted by atomic mass is 16.3. The zero-order valence-electron chi connectivity index (χ0n) is 15.8. The summed E-state index contributed by atoms with van der Waals surface area (Å²) in [6.07, 6.45) is 14.2. The minimum absolute atomic E-state index is 0.123. The zero-order chi connectivity index (χ0) is 17.2. The quantitative estimate of drug-likeness (QED) is 0.596. The molecule has 136 valence electrons. The Labute approximate surface area is 149 Å². The van der Waals surface area contributed by atoms with Gasteiger partial charge in [-0.2, -0.15) is 0 Å². The zero-order valence-corrected chi connectivity index (χ0v) is 15.8. The van der Waals surface area contributed by atoms with Crippen molar-refractivity contribution in [3.05, 3.63) is 35.9 Å². The summed E-state index contributed by atoms with van der Waals surface area (Å²) in [5.74, 6) is 0. The van der Waals surface area contributed by atoms with Gasteiger partial charge in [0.2, 0.25) is 0 Å². The largest absolute Gasteiger partial charge is 0.392 e. The van der Waals surface area contributed by atoms with E-state index >= 15 is 0 Å². The molecule has 3 atom stereocenters. The number of aryl methyl sites for hydroxylation is 1. The van der Waals surface area contributed by atoms with Crippen molar-refractivity contribution in [3.8, 4) is 0 Å². The second kappa shape index (κ2) is 10.9. The lowest BCUT2D eigenvalue weighted by Crippen LogP contribution is -2.49. The summed E-state index contributed by atoms with van der Waals surface area (Å²) in [7, 11) is 2.18. The molecular weight excluding hydrogens is 294 g/mol. The number of aliphatic hydroxyl groups excluding tert-OH is 1. The van der Waals surface area contributed by atoms with Crippen LogP contribution in [0.1, 0.15) is 76.7 Å². The lowest BCUT2D eigenvalue weighted by Gasteiger charge is -2.41. The Balaban J connectivity index is 1.43. The molecule has 24 heavy (non-hydrogen) atoms. The molecule has 1 aliphatic heterocycles. The normalized spacial score (nSPS) is 25.0. The standard InChI is InChI=1S/C22H37NO/c1-19-22(24)18-17-21(23(19)2)16-12-7-5-3-4-6-9-13-20-14-10-8-11-15-20/h8,10-11,14-15,19,21-22,24H,3-7,9,12-13,16-18H2,1-2H3/t19-,21+,22+/m1/s1. The molecule has 0 saturated carbocycles. The summed E-state index contributed by atoms with van der Waals surface area (Å²) in [5, 5.41) is 9.91. The molecule has 1 aromatic carbocycles. The maximum absolute atomic E-state index is 9.91. The van der Waals surface area contributed by atoms with E-state index in [-0.39, 0.29) is 6.10 Å². The molecule has 0 aliphatic carbocycles. The molecule has 2 nitrogen and oxygen atoms in total. The number of rotatable bonds is 10. The molecule has 0 radical (unpaired) electrons. The van der Waals surface area contributed by atoms with Gasteiger partial charge >= 0.3 is 0 Å². The van der Waals surface area contributed by atoms with Crippen molar-refractivity contribution < 1.29 is 5.11 Å². The third kappa shape index (κ3) is 6.57. The first kappa shape index (κ1) is 19.5. The van der Waals surface area contributed by atoms with E-state index < -0.39 is 0 Å². The second-order valence-corrected chi connectivity index (χ2v) is 7.70. The lowest BCUT2D eigenvalue weighted by molar-refractivity contribution is -0.000732. The molecule has 1 heterocycles. The van der Waals surface area contributed by atoms with E-state index in [4.69, 9.17) is 0 Å². The van der Waals surface area contributed by atoms with Crippen LogP contribution in [-0.4, -0.2) is 35.2 Å². The average molecular weight is 332 g/mol. The highest BCUT2D eigenvalue weighted by Gasteiger charge is 2.30. The monoisotopic (exact) mass is 331 g/mol. The van der Waals surface area contributed by atoms with Crippen molar-refractivity contribution in [2.45, 2.75) is 95.7 Å². The molecule has 1 saturated heterocycles. The fraction of sp³-hybridized carbons (Fsp3) is 0.727. The first-order valence-electron chi connectivity index (χ1n) is 10.1. The Morgan fingerprint density at radius 1 is 0.917 bits per heavy atom. The van der Waals surface area contributed by atoms with Gasteiger partial charge in [0.1, 0.15) is 0 Å². The molecule has 2 rings (SSSR count). The molecule has 0 unspecified atom stereocenters. The van der Waals surface area contributed by atoms with Crippen LogP contribution in [0.25, 0.3) is 0 Å². The van der Waals surface area contributed by atoms with Crippen LogP contribution in [0.5, 0.6) is 0 Å². The summed E-state index contributed by atoms with van der Waals surface area (Å²) in [6, 6.07) is 11.9. The number of nitrogens with zero attached hydrogens (tertiary/aromatic N) is 1. The van der Waals surface area contributed by atoms with Crippen molar-refractivity contribution in [2.24, 2.45) is 0 Å². The van der Waals surface area contributed by atoms with Crippen LogP contribution < -0.4 is 0 Å². The molecule has 1 aliphatic rings. The fourth-order valence-electron chi connectivity index (χ4n) is 4.00. The van der Waals surface area contributed by atoms with Crippen LogP contribution >= 0.6 is 0 Å². The first-order chi connectivity index (χ1) is 11.7. The van der Waals surface area contributed by atoms with Gasteiger partial charge in [-0.05, 0) is 51.6 Å². The van der Waals surface area contributed by atoms with Crippen LogP contribution in [0.4, 0.5) is 0 Å². The molecule has 2 heteroatoms. The van der Waals surface area contributed by atoms with Gasteiger partial charge < -0.3 is 5.11 Å². The Bertz CT molecular complexity index is 433. The van der Waals surface area contributed by atoms with Crippen LogP contribution in [0.15, 0.2) is 30.3 Å². The van der Waals surface area contributed by atoms with Gasteiger partial charge in [0.15, 0.2) is 0 Å². The molecular formula is C22H37NO. The van der Waals surface area contributed by atoms with Crippen molar-refractivity contribution in [1.29, 1.82) is 0 Å². The number of likely N-dealkylation sites (N-methyl/N-ethyl adjacent to an activating group) is 1. The number of hydrogen-bond acceptors (Lipinski definition) is 2. The van der Waals surface area contributed by atoms with Gasteiger partial charge in [0.05, 0.1) is 6.10 Å². The maximum Gasteiger partial charge on any atom is 0.0693 e. The minimum atomic E-state index is -0.123. The first-order valence-corrected chi connectivity index (χ1v) is 10.1. The highest BCUT2D eigenvalue weighted by molar-refractivity contribution is 5.14. The van der Waals surface area contributed by atoms with E-state index in [9.17, 15) is 5.11 Å². The summed E-state index contributed by atoms with van der Waals surface area (Å²) in [5.41, 5.74) is 1.48. The van der Waals surface area contributed by atoms with Crippen LogP contribution in [0.3, 0.4) is 0 Å². The molecule has 1 N–H and O–H groups in total. The lowest BCUT2D eigenvalue weighted by atomic mass is 9.91. The summed E-state index contributed by atoms with van der Waals surface area (Å²) in [6.45, 7) is 2.16. The minimum Gasteiger partial charge on any atom is -0.392 e. The second-order valence-electron chi connectivity index (χ2n) is 7.70. The number of hydrogen-bond donors (Lipinski definition) is 1. The Morgan fingerprint density at radius 3 is 2.25 bits per heavy atom. The van der Waals surface area contributed by atoms with Crippen LogP contribution in [-0.2, 0) is 6.42 Å². The van der Waals surface area contributed by atoms with Crippen LogP contribution in [0, 0.1) is 0 Å². The van der Waals surface area contributed by atoms with Crippen molar-refractivity contribution in [1.82, 2.24) is 4.90 Å². The number of unbranched alkanes of at least 4 members (excludes halogenated alkanes) is 6. The van der Waals surface area contributed by atoms with E-state index in [1.165, 1.54) is 69.8 Å². The molecule has 0 bridgehead atoms. The van der Waals surface area contributed by atoms with Crippen molar-refractivity contribution >= 4 is 0 Å². The topological polar surface area (TPSA) is 23.5 Å². The third-order valence-corrected chi connectivity index (χ3v) is 5.92. The van der Waals surface area contributed by atoms with E-state index in [1.807, 2.05) is 0 Å². The van der Waals surface area contributed by atoms with Crippen molar-refractivity contribution in [3.63, 3.8) is 0 Å². The summed E-state index contributed by atoms with van der Waals surface area (Å²) >= 11 is 0. The molecule has 1 aromatic rings. The Hall–Kier alpha value is -0.860. The Kier molecular flexibility index (Phi) is 8.83. The van der Waals surface area contributed by atoms with E-state index in [2.05, 4.69) is 49.2 Å². The third-order valence-electron chi connectivity index (χ3n) is 5.92. The predicted octanol–water partition coefficient (Wildman–Crippen LogP) is 5.19. The van der Waals surface area contributed by atoms with Gasteiger partial charge in [-0.3, -0.25) is 4.90 Å². The van der Waals surface area contributed by atoms with Gasteiger partial charge in [-0.1, -0.05) is 68.9 Å². The van der Waals surface area contributed by atoms with Gasteiger partial charge in [0, 0.05) is 12.1 Å². The fourth-order valence-corrected chi connectivity index (χ4v) is 4.00. The summed E-state index contributed by atoms with van der Waals surface area (Å²) in [4.78, 5) is 2.40. The number of aliphatic hydroxyl groups is 1. The predicted molar refractivity (Wildman–Crippen MR) is 103 cm³/mol. The number of likely N-dealkylation sites (tertiary alicyclic amines) is 1. The van der Waals surface area contributed by atoms with E-state index in [0.717, 1.165) is 6.42 Å². The highest BCUT2D eigenvalue weighted by Crippen LogP contribution is 2.25. The van der Waals surface area contributed by atoms with Crippen molar-refractivity contribution in [2.75, 3.05) is 7.05 Å². The molecule has 0 amide bonds. The molecule has 0 aromatic heterocycles. The van der Waals surface area contributed by atoms with E-state index in [1.54, 1.807) is 0 Å². The van der Waals surface area contributed by atoms with Gasteiger partial charge in [0.25, 0.3) is 0 Å². The van der Waals surface area contributed by atoms with Crippen LogP contribution in [0.2, 0.25) is 0 Å². The van der Waals surface area contributed by atoms with Gasteiger partial charge in [-0.15, -0.1) is 0 Å². The van der Waals surface area contributed by atoms with Gasteiger partial charge in [-0.25, -0.2) is 0 Å².